The van der Waals surface area contributed by atoms with Gasteiger partial charge in [-0.25, -0.2) is 4.39 Å². The number of hydrogen-bond acceptors (Lipinski definition) is 3. The summed E-state index contributed by atoms with van der Waals surface area (Å²) in [4.78, 5) is 11.3. The van der Waals surface area contributed by atoms with E-state index in [1.54, 1.807) is 19.2 Å². The zero-order valence-electron chi connectivity index (χ0n) is 8.79. The highest BCUT2D eigenvalue weighted by Gasteiger charge is 2.16. The van der Waals surface area contributed by atoms with Crippen LogP contribution in [0.4, 0.5) is 4.39 Å². The van der Waals surface area contributed by atoms with E-state index in [0.717, 1.165) is 5.56 Å². The van der Waals surface area contributed by atoms with Gasteiger partial charge >= 0.3 is 5.97 Å². The largest absolute Gasteiger partial charge is 0.468 e. The molecule has 0 spiro atoms. The maximum atomic E-state index is 12.6. The highest BCUT2D eigenvalue weighted by molar-refractivity contribution is 5.76. The lowest BCUT2D eigenvalue weighted by Gasteiger charge is -2.13. The van der Waals surface area contributed by atoms with E-state index in [-0.39, 0.29) is 17.8 Å². The van der Waals surface area contributed by atoms with Crippen molar-refractivity contribution in [1.29, 1.82) is 0 Å². The Hall–Kier alpha value is -1.42. The predicted molar refractivity (Wildman–Crippen MR) is 55.0 cm³/mol. The minimum Gasteiger partial charge on any atom is -0.468 e. The van der Waals surface area contributed by atoms with Crippen molar-refractivity contribution < 1.29 is 13.9 Å². The Morgan fingerprint density at radius 2 is 2.07 bits per heavy atom. The van der Waals surface area contributed by atoms with Crippen molar-refractivity contribution in [1.82, 2.24) is 5.32 Å². The van der Waals surface area contributed by atoms with Crippen molar-refractivity contribution in [2.24, 2.45) is 0 Å². The molecule has 1 atom stereocenters. The summed E-state index contributed by atoms with van der Waals surface area (Å²) in [6, 6.07) is 5.67. The lowest BCUT2D eigenvalue weighted by atomic mass is 10.1. The Morgan fingerprint density at radius 1 is 1.47 bits per heavy atom. The lowest BCUT2D eigenvalue weighted by molar-refractivity contribution is -0.142. The van der Waals surface area contributed by atoms with Crippen LogP contribution in [0.25, 0.3) is 0 Å². The number of esters is 1. The molecule has 1 aromatic rings. The maximum absolute atomic E-state index is 12.6. The number of rotatable bonds is 4. The van der Waals surface area contributed by atoms with Gasteiger partial charge in [-0.3, -0.25) is 4.79 Å². The second-order valence-electron chi connectivity index (χ2n) is 3.20. The van der Waals surface area contributed by atoms with Gasteiger partial charge in [-0.15, -0.1) is 0 Å². The first kappa shape index (κ1) is 11.7. The number of benzene rings is 1. The monoisotopic (exact) mass is 211 g/mol. The van der Waals surface area contributed by atoms with Crippen molar-refractivity contribution in [3.63, 3.8) is 0 Å². The molecule has 0 radical (unpaired) electrons. The number of methoxy groups -OCH3 is 1. The molecule has 0 aliphatic heterocycles. The zero-order chi connectivity index (χ0) is 11.3. The van der Waals surface area contributed by atoms with Gasteiger partial charge in [-0.05, 0) is 31.2 Å². The number of hydrogen-bond donors (Lipinski definition) is 1. The summed E-state index contributed by atoms with van der Waals surface area (Å²) in [7, 11) is 3.03. The molecule has 0 heterocycles. The molecule has 0 amide bonds. The molecule has 4 heteroatoms. The van der Waals surface area contributed by atoms with Crippen LogP contribution in [0.2, 0.25) is 0 Å². The minimum atomic E-state index is -0.388. The second-order valence-corrected chi connectivity index (χ2v) is 3.20. The third-order valence-electron chi connectivity index (χ3n) is 2.19. The van der Waals surface area contributed by atoms with E-state index in [0.29, 0.717) is 6.42 Å². The normalized spacial score (nSPS) is 12.2. The fourth-order valence-corrected chi connectivity index (χ4v) is 1.30. The molecule has 0 saturated carbocycles. The zero-order valence-corrected chi connectivity index (χ0v) is 8.79. The number of carbonyl (C=O) groups is 1. The van der Waals surface area contributed by atoms with Gasteiger partial charge < -0.3 is 10.1 Å². The van der Waals surface area contributed by atoms with Crippen LogP contribution in [0.3, 0.4) is 0 Å². The van der Waals surface area contributed by atoms with Crippen molar-refractivity contribution in [3.8, 4) is 0 Å². The molecule has 0 bridgehead atoms. The summed E-state index contributed by atoms with van der Waals surface area (Å²) in [5, 5.41) is 2.85. The van der Waals surface area contributed by atoms with E-state index < -0.39 is 0 Å². The van der Waals surface area contributed by atoms with Gasteiger partial charge in [-0.1, -0.05) is 12.1 Å². The molecule has 1 aromatic carbocycles. The minimum absolute atomic E-state index is 0.280. The summed E-state index contributed by atoms with van der Waals surface area (Å²) in [5.41, 5.74) is 0.890. The first-order chi connectivity index (χ1) is 7.17. The summed E-state index contributed by atoms with van der Waals surface area (Å²) < 4.78 is 17.2. The van der Waals surface area contributed by atoms with Gasteiger partial charge in [0.1, 0.15) is 11.9 Å². The third-order valence-corrected chi connectivity index (χ3v) is 2.19. The van der Waals surface area contributed by atoms with Crippen molar-refractivity contribution in [2.75, 3.05) is 14.2 Å². The summed E-state index contributed by atoms with van der Waals surface area (Å²) in [5.74, 6) is -0.598. The van der Waals surface area contributed by atoms with Gasteiger partial charge in [0.15, 0.2) is 0 Å². The maximum Gasteiger partial charge on any atom is 0.323 e. The van der Waals surface area contributed by atoms with Crippen LogP contribution in [0.5, 0.6) is 0 Å². The Labute approximate surface area is 88.2 Å². The van der Waals surface area contributed by atoms with Crippen LogP contribution < -0.4 is 5.32 Å². The van der Waals surface area contributed by atoms with Gasteiger partial charge in [0.2, 0.25) is 0 Å². The first-order valence-electron chi connectivity index (χ1n) is 4.67. The highest BCUT2D eigenvalue weighted by atomic mass is 19.1. The number of nitrogens with one attached hydrogen (secondary N) is 1. The molecule has 3 nitrogen and oxygen atoms in total. The molecule has 82 valence electrons. The number of halogens is 1. The second kappa shape index (κ2) is 5.46. The van der Waals surface area contributed by atoms with Crippen LogP contribution >= 0.6 is 0 Å². The molecule has 15 heavy (non-hydrogen) atoms. The van der Waals surface area contributed by atoms with E-state index in [9.17, 15) is 9.18 Å². The average Bonchev–Trinajstić information content (AvgIpc) is 2.27. The Kier molecular flexibility index (Phi) is 4.24. The van der Waals surface area contributed by atoms with E-state index in [1.807, 2.05) is 0 Å². The standard InChI is InChI=1S/C11H14FNO2/c1-13-10(11(14)15-2)7-8-3-5-9(12)6-4-8/h3-6,10,13H,7H2,1-2H3/t10-/m0/s1. The lowest BCUT2D eigenvalue weighted by Crippen LogP contribution is -2.36. The molecule has 0 aliphatic rings. The molecular formula is C11H14FNO2. The predicted octanol–water partition coefficient (Wildman–Crippen LogP) is 1.13. The fraction of sp³-hybridized carbons (Fsp3) is 0.364. The molecule has 1 rings (SSSR count). The van der Waals surface area contributed by atoms with E-state index in [1.165, 1.54) is 19.2 Å². The first-order valence-corrected chi connectivity index (χ1v) is 4.67. The van der Waals surface area contributed by atoms with E-state index in [4.69, 9.17) is 0 Å². The van der Waals surface area contributed by atoms with Crippen molar-refractivity contribution in [2.45, 2.75) is 12.5 Å². The molecule has 0 aromatic heterocycles. The third kappa shape index (κ3) is 3.32. The summed E-state index contributed by atoms with van der Waals surface area (Å²) in [6.07, 6.45) is 0.490. The SMILES string of the molecule is CN[C@@H](Cc1ccc(F)cc1)C(=O)OC. The van der Waals surface area contributed by atoms with Gasteiger partial charge in [0.25, 0.3) is 0 Å². The van der Waals surface area contributed by atoms with Crippen LogP contribution in [-0.4, -0.2) is 26.2 Å². The van der Waals surface area contributed by atoms with Gasteiger partial charge in [0, 0.05) is 0 Å². The average molecular weight is 211 g/mol. The molecular weight excluding hydrogens is 197 g/mol. The quantitative estimate of drug-likeness (QED) is 0.759. The van der Waals surface area contributed by atoms with Crippen LogP contribution in [0, 0.1) is 5.82 Å². The fourth-order valence-electron chi connectivity index (χ4n) is 1.30. The molecule has 0 saturated heterocycles. The van der Waals surface area contributed by atoms with E-state index >= 15 is 0 Å². The van der Waals surface area contributed by atoms with Gasteiger partial charge in [0.05, 0.1) is 7.11 Å². The number of ether oxygens (including phenoxy) is 1. The summed E-state index contributed by atoms with van der Waals surface area (Å²) in [6.45, 7) is 0. The number of likely N-dealkylation sites (N-methyl/N-ethyl adjacent to an activating group) is 1. The highest BCUT2D eigenvalue weighted by Crippen LogP contribution is 2.06. The molecule has 0 unspecified atom stereocenters. The topological polar surface area (TPSA) is 38.3 Å². The summed E-state index contributed by atoms with van der Waals surface area (Å²) >= 11 is 0. The van der Waals surface area contributed by atoms with Crippen molar-refractivity contribution in [3.05, 3.63) is 35.6 Å². The van der Waals surface area contributed by atoms with Gasteiger partial charge in [-0.2, -0.15) is 0 Å². The van der Waals surface area contributed by atoms with Crippen LogP contribution in [0.15, 0.2) is 24.3 Å². The molecule has 0 aliphatic carbocycles. The van der Waals surface area contributed by atoms with Crippen molar-refractivity contribution >= 4 is 5.97 Å². The Morgan fingerprint density at radius 3 is 2.53 bits per heavy atom. The Bertz CT molecular complexity index is 324. The number of carbonyl (C=O) groups excluding carboxylic acids is 1. The van der Waals surface area contributed by atoms with Crippen LogP contribution in [0.1, 0.15) is 5.56 Å². The molecule has 1 N–H and O–H groups in total. The Balaban J connectivity index is 2.66. The van der Waals surface area contributed by atoms with E-state index in [2.05, 4.69) is 10.1 Å². The van der Waals surface area contributed by atoms with Crippen LogP contribution in [-0.2, 0) is 16.0 Å². The smallest absolute Gasteiger partial charge is 0.323 e. The molecule has 0 fully saturated rings.